The Labute approximate surface area is 207 Å². The minimum Gasteiger partial charge on any atom is -0.352 e. The average molecular weight is 477 g/mol. The second kappa shape index (κ2) is 12.4. The van der Waals surface area contributed by atoms with Crippen molar-refractivity contribution in [2.24, 2.45) is 0 Å². The first kappa shape index (κ1) is 25.5. The Morgan fingerprint density at radius 3 is 1.85 bits per heavy atom. The van der Waals surface area contributed by atoms with Crippen LogP contribution in [0.15, 0.2) is 84.9 Å². The van der Waals surface area contributed by atoms with E-state index in [1.54, 1.807) is 4.90 Å². The van der Waals surface area contributed by atoms with E-state index in [-0.39, 0.29) is 30.2 Å². The Morgan fingerprint density at radius 2 is 1.38 bits per heavy atom. The lowest BCUT2D eigenvalue weighted by Crippen LogP contribution is -2.50. The number of hydrogen-bond donors (Lipinski definition) is 1. The zero-order valence-corrected chi connectivity index (χ0v) is 20.8. The maximum absolute atomic E-state index is 13.9. The number of amides is 2. The second-order valence-corrected chi connectivity index (χ2v) is 9.25. The van der Waals surface area contributed by atoms with Crippen LogP contribution in [0.25, 0.3) is 0 Å². The van der Waals surface area contributed by atoms with E-state index in [1.165, 1.54) is 0 Å². The highest BCUT2D eigenvalue weighted by molar-refractivity contribution is 6.30. The van der Waals surface area contributed by atoms with E-state index in [0.29, 0.717) is 18.0 Å². The fourth-order valence-corrected chi connectivity index (χ4v) is 4.30. The van der Waals surface area contributed by atoms with E-state index in [1.807, 2.05) is 81.4 Å². The van der Waals surface area contributed by atoms with Gasteiger partial charge in [-0.25, -0.2) is 0 Å². The lowest BCUT2D eigenvalue weighted by Gasteiger charge is -2.32. The maximum Gasteiger partial charge on any atom is 0.243 e. The molecule has 4 nitrogen and oxygen atoms in total. The first-order valence-corrected chi connectivity index (χ1v) is 12.2. The number of carbonyl (C=O) groups excluding carboxylic acids is 2. The van der Waals surface area contributed by atoms with Crippen molar-refractivity contribution in [1.29, 1.82) is 0 Å². The van der Waals surface area contributed by atoms with Crippen LogP contribution >= 0.6 is 11.6 Å². The van der Waals surface area contributed by atoms with Gasteiger partial charge in [-0.05, 0) is 49.1 Å². The van der Waals surface area contributed by atoms with Crippen molar-refractivity contribution in [3.63, 3.8) is 0 Å². The van der Waals surface area contributed by atoms with Gasteiger partial charge < -0.3 is 10.2 Å². The van der Waals surface area contributed by atoms with Crippen molar-refractivity contribution in [3.8, 4) is 0 Å². The number of carbonyl (C=O) groups is 2. The molecule has 0 spiro atoms. The van der Waals surface area contributed by atoms with Crippen molar-refractivity contribution in [1.82, 2.24) is 10.2 Å². The molecule has 0 saturated heterocycles. The Morgan fingerprint density at radius 1 is 0.853 bits per heavy atom. The van der Waals surface area contributed by atoms with Gasteiger partial charge in [0, 0.05) is 29.9 Å². The summed E-state index contributed by atoms with van der Waals surface area (Å²) >= 11 is 6.07. The van der Waals surface area contributed by atoms with Gasteiger partial charge in [-0.2, -0.15) is 0 Å². The van der Waals surface area contributed by atoms with Gasteiger partial charge in [0.15, 0.2) is 0 Å². The highest BCUT2D eigenvalue weighted by Crippen LogP contribution is 2.29. The summed E-state index contributed by atoms with van der Waals surface area (Å²) in [5, 5.41) is 3.63. The Hall–Kier alpha value is -3.11. The highest BCUT2D eigenvalue weighted by atomic mass is 35.5. The lowest BCUT2D eigenvalue weighted by atomic mass is 9.88. The molecule has 3 rings (SSSR count). The number of nitrogens with one attached hydrogen (secondary N) is 1. The predicted molar refractivity (Wildman–Crippen MR) is 139 cm³/mol. The third-order valence-corrected chi connectivity index (χ3v) is 6.12. The summed E-state index contributed by atoms with van der Waals surface area (Å²) in [4.78, 5) is 28.7. The predicted octanol–water partition coefficient (Wildman–Crippen LogP) is 6.19. The number of hydrogen-bond acceptors (Lipinski definition) is 2. The number of nitrogens with zero attached hydrogens (tertiary/aromatic N) is 1. The van der Waals surface area contributed by atoms with Crippen LogP contribution in [-0.2, 0) is 16.1 Å². The molecule has 3 aromatic carbocycles. The average Bonchev–Trinajstić information content (AvgIpc) is 2.84. The van der Waals surface area contributed by atoms with E-state index < -0.39 is 6.04 Å². The van der Waals surface area contributed by atoms with E-state index in [9.17, 15) is 9.59 Å². The van der Waals surface area contributed by atoms with Gasteiger partial charge in [0.2, 0.25) is 11.8 Å². The van der Waals surface area contributed by atoms with Crippen molar-refractivity contribution in [3.05, 3.63) is 107 Å². The number of rotatable bonds is 10. The third-order valence-electron chi connectivity index (χ3n) is 5.87. The fourth-order valence-electron chi connectivity index (χ4n) is 4.18. The van der Waals surface area contributed by atoms with Crippen molar-refractivity contribution >= 4 is 23.4 Å². The highest BCUT2D eigenvalue weighted by Gasteiger charge is 2.31. The molecule has 1 atom stereocenters. The largest absolute Gasteiger partial charge is 0.352 e. The summed E-state index contributed by atoms with van der Waals surface area (Å²) in [7, 11) is 0. The van der Waals surface area contributed by atoms with Gasteiger partial charge in [-0.3, -0.25) is 9.59 Å². The molecule has 0 aliphatic carbocycles. The fraction of sp³-hybridized carbons (Fsp3) is 0.310. The topological polar surface area (TPSA) is 49.4 Å². The first-order valence-electron chi connectivity index (χ1n) is 11.8. The molecule has 34 heavy (non-hydrogen) atoms. The molecule has 0 aliphatic rings. The van der Waals surface area contributed by atoms with Gasteiger partial charge in [0.05, 0.1) is 0 Å². The summed E-state index contributed by atoms with van der Waals surface area (Å²) in [6, 6.07) is 27.0. The van der Waals surface area contributed by atoms with Gasteiger partial charge in [-0.1, -0.05) is 91.3 Å². The molecule has 0 saturated carbocycles. The molecule has 5 heteroatoms. The van der Waals surface area contributed by atoms with Crippen LogP contribution in [0.3, 0.4) is 0 Å². The summed E-state index contributed by atoms with van der Waals surface area (Å²) in [5.74, 6) is -0.289. The molecule has 0 aromatic heterocycles. The number of benzene rings is 3. The molecule has 0 bridgehead atoms. The number of halogens is 1. The first-order chi connectivity index (χ1) is 16.4. The molecule has 3 aromatic rings. The maximum atomic E-state index is 13.9. The Kier molecular flexibility index (Phi) is 9.29. The van der Waals surface area contributed by atoms with E-state index >= 15 is 0 Å². The van der Waals surface area contributed by atoms with Crippen LogP contribution < -0.4 is 5.32 Å². The lowest BCUT2D eigenvalue weighted by molar-refractivity contribution is -0.141. The Bertz CT molecular complexity index is 1010. The van der Waals surface area contributed by atoms with E-state index in [0.717, 1.165) is 16.7 Å². The quantitative estimate of drug-likeness (QED) is 0.379. The van der Waals surface area contributed by atoms with Crippen molar-refractivity contribution < 1.29 is 9.59 Å². The molecule has 0 fully saturated rings. The van der Waals surface area contributed by atoms with Gasteiger partial charge in [0.1, 0.15) is 6.04 Å². The van der Waals surface area contributed by atoms with Gasteiger partial charge in [0.25, 0.3) is 0 Å². The zero-order chi connectivity index (χ0) is 24.5. The molecule has 0 radical (unpaired) electrons. The van der Waals surface area contributed by atoms with Crippen molar-refractivity contribution in [2.45, 2.75) is 58.2 Å². The molecule has 1 N–H and O–H groups in total. The molecule has 0 heterocycles. The molecule has 1 unspecified atom stereocenters. The zero-order valence-electron chi connectivity index (χ0n) is 20.1. The van der Waals surface area contributed by atoms with Crippen LogP contribution in [0.4, 0.5) is 0 Å². The second-order valence-electron chi connectivity index (χ2n) is 8.81. The molecular weight excluding hydrogens is 444 g/mol. The molecule has 0 aliphatic heterocycles. The van der Waals surface area contributed by atoms with Crippen LogP contribution in [0.5, 0.6) is 0 Å². The molecule has 2 amide bonds. The SMILES string of the molecule is CCC(C(=O)NC(C)C)N(Cc1ccc(Cl)cc1)C(=O)CC(c1ccccc1)c1ccccc1. The summed E-state index contributed by atoms with van der Waals surface area (Å²) in [5.41, 5.74) is 3.09. The summed E-state index contributed by atoms with van der Waals surface area (Å²) < 4.78 is 0. The third kappa shape index (κ3) is 6.94. The van der Waals surface area contributed by atoms with E-state index in [4.69, 9.17) is 11.6 Å². The van der Waals surface area contributed by atoms with Crippen molar-refractivity contribution in [2.75, 3.05) is 0 Å². The minimum absolute atomic E-state index is 0.00424. The normalized spacial score (nSPS) is 11.9. The van der Waals surface area contributed by atoms with Crippen LogP contribution in [0, 0.1) is 0 Å². The Balaban J connectivity index is 1.94. The smallest absolute Gasteiger partial charge is 0.243 e. The van der Waals surface area contributed by atoms with E-state index in [2.05, 4.69) is 29.6 Å². The summed E-state index contributed by atoms with van der Waals surface area (Å²) in [6.45, 7) is 6.14. The van der Waals surface area contributed by atoms with Gasteiger partial charge >= 0.3 is 0 Å². The minimum atomic E-state index is -0.558. The molecular formula is C29H33ClN2O2. The monoisotopic (exact) mass is 476 g/mol. The van der Waals surface area contributed by atoms with Crippen LogP contribution in [0.1, 0.15) is 56.2 Å². The summed E-state index contributed by atoms with van der Waals surface area (Å²) in [6.07, 6.45) is 0.798. The standard InChI is InChI=1S/C29H33ClN2O2/c1-4-27(29(34)31-21(2)3)32(20-22-15-17-25(30)18-16-22)28(33)19-26(23-11-7-5-8-12-23)24-13-9-6-10-14-24/h5-18,21,26-27H,4,19-20H2,1-3H3,(H,31,34). The van der Waals surface area contributed by atoms with Crippen LogP contribution in [-0.4, -0.2) is 28.8 Å². The van der Waals surface area contributed by atoms with Crippen LogP contribution in [0.2, 0.25) is 5.02 Å². The van der Waals surface area contributed by atoms with Gasteiger partial charge in [-0.15, -0.1) is 0 Å². The molecule has 178 valence electrons.